The molecule has 0 saturated carbocycles. The van der Waals surface area contributed by atoms with E-state index in [1.165, 1.54) is 5.56 Å². The van der Waals surface area contributed by atoms with Gasteiger partial charge in [-0.3, -0.25) is 9.98 Å². The molecule has 2 nitrogen and oxygen atoms in total. The first kappa shape index (κ1) is 12.5. The number of hydrogen-bond acceptors (Lipinski definition) is 2. The summed E-state index contributed by atoms with van der Waals surface area (Å²) in [7, 11) is 0. The quantitative estimate of drug-likeness (QED) is 0.653. The average molecular weight is 260 g/mol. The Bertz CT molecular complexity index is 712. The number of nitrogens with zero attached hydrogens (tertiary/aromatic N) is 2. The number of aliphatic imine (C=N–C) groups is 1. The number of pyridine rings is 1. The van der Waals surface area contributed by atoms with E-state index in [1.807, 2.05) is 42.7 Å². The van der Waals surface area contributed by atoms with E-state index in [4.69, 9.17) is 0 Å². The zero-order valence-corrected chi connectivity index (χ0v) is 11.2. The van der Waals surface area contributed by atoms with Gasteiger partial charge in [0.15, 0.2) is 0 Å². The van der Waals surface area contributed by atoms with Gasteiger partial charge in [0.1, 0.15) is 0 Å². The summed E-state index contributed by atoms with van der Waals surface area (Å²) in [5.41, 5.74) is 3.47. The maximum atomic E-state index is 4.53. The molecule has 20 heavy (non-hydrogen) atoms. The summed E-state index contributed by atoms with van der Waals surface area (Å²) in [6.45, 7) is 0.806. The first-order valence-corrected chi connectivity index (χ1v) is 6.81. The lowest BCUT2D eigenvalue weighted by Gasteiger charge is -2.00. The molecule has 0 amide bonds. The van der Waals surface area contributed by atoms with Crippen molar-refractivity contribution >= 4 is 17.1 Å². The predicted octanol–water partition coefficient (Wildman–Crippen LogP) is 3.90. The van der Waals surface area contributed by atoms with Crippen LogP contribution < -0.4 is 0 Å². The van der Waals surface area contributed by atoms with E-state index in [2.05, 4.69) is 40.3 Å². The minimum absolute atomic E-state index is 0.806. The molecule has 3 rings (SSSR count). The molecule has 0 atom stereocenters. The Morgan fingerprint density at radius 3 is 2.60 bits per heavy atom. The van der Waals surface area contributed by atoms with Crippen molar-refractivity contribution in [2.45, 2.75) is 6.42 Å². The van der Waals surface area contributed by atoms with Crippen molar-refractivity contribution < 1.29 is 0 Å². The van der Waals surface area contributed by atoms with E-state index in [9.17, 15) is 0 Å². The standard InChI is InChI=1S/C18H16N2/c1-2-6-15(7-3-1)10-12-19-14-16-11-13-20-18-9-5-4-8-17(16)18/h1-9,11,13-14H,10,12H2. The molecule has 0 N–H and O–H groups in total. The fourth-order valence-corrected chi connectivity index (χ4v) is 2.23. The Hall–Kier alpha value is -2.48. The molecule has 0 aliphatic carbocycles. The van der Waals surface area contributed by atoms with Crippen molar-refractivity contribution in [3.8, 4) is 0 Å². The number of aromatic nitrogens is 1. The zero-order valence-electron chi connectivity index (χ0n) is 11.2. The molecule has 0 unspecified atom stereocenters. The van der Waals surface area contributed by atoms with E-state index >= 15 is 0 Å². The lowest BCUT2D eigenvalue weighted by molar-refractivity contribution is 0.974. The largest absolute Gasteiger partial charge is 0.292 e. The van der Waals surface area contributed by atoms with Gasteiger partial charge in [0, 0.05) is 29.9 Å². The molecular formula is C18H16N2. The Morgan fingerprint density at radius 2 is 1.70 bits per heavy atom. The summed E-state index contributed by atoms with van der Waals surface area (Å²) in [6, 6.07) is 20.6. The Morgan fingerprint density at radius 1 is 0.900 bits per heavy atom. The van der Waals surface area contributed by atoms with Gasteiger partial charge < -0.3 is 0 Å². The van der Waals surface area contributed by atoms with Crippen LogP contribution in [0.1, 0.15) is 11.1 Å². The molecule has 0 fully saturated rings. The molecule has 0 aliphatic heterocycles. The van der Waals surface area contributed by atoms with Crippen LogP contribution in [-0.2, 0) is 6.42 Å². The minimum atomic E-state index is 0.806. The average Bonchev–Trinajstić information content (AvgIpc) is 2.53. The van der Waals surface area contributed by atoms with Gasteiger partial charge in [0.2, 0.25) is 0 Å². The first-order valence-electron chi connectivity index (χ1n) is 6.81. The highest BCUT2D eigenvalue weighted by atomic mass is 14.7. The van der Waals surface area contributed by atoms with Crippen LogP contribution in [0.25, 0.3) is 10.9 Å². The molecule has 0 spiro atoms. The van der Waals surface area contributed by atoms with E-state index < -0.39 is 0 Å². The molecule has 0 radical (unpaired) electrons. The van der Waals surface area contributed by atoms with Crippen LogP contribution in [0.4, 0.5) is 0 Å². The van der Waals surface area contributed by atoms with Crippen LogP contribution in [0.5, 0.6) is 0 Å². The third-order valence-corrected chi connectivity index (χ3v) is 3.29. The summed E-state index contributed by atoms with van der Waals surface area (Å²) in [5, 5.41) is 1.15. The van der Waals surface area contributed by atoms with Crippen molar-refractivity contribution in [1.82, 2.24) is 4.98 Å². The summed E-state index contributed by atoms with van der Waals surface area (Å²) in [4.78, 5) is 8.89. The second-order valence-electron chi connectivity index (χ2n) is 4.69. The number of fused-ring (bicyclic) bond motifs is 1. The van der Waals surface area contributed by atoms with Crippen molar-refractivity contribution in [3.63, 3.8) is 0 Å². The van der Waals surface area contributed by atoms with Crippen LogP contribution in [-0.4, -0.2) is 17.7 Å². The highest BCUT2D eigenvalue weighted by molar-refractivity contribution is 5.97. The summed E-state index contributed by atoms with van der Waals surface area (Å²) in [5.74, 6) is 0. The number of benzene rings is 2. The highest BCUT2D eigenvalue weighted by Gasteiger charge is 1.97. The zero-order chi connectivity index (χ0) is 13.6. The van der Waals surface area contributed by atoms with Crippen molar-refractivity contribution in [3.05, 3.63) is 78.0 Å². The summed E-state index contributed by atoms with van der Waals surface area (Å²) < 4.78 is 0. The Balaban J connectivity index is 1.72. The fraction of sp³-hybridized carbons (Fsp3) is 0.111. The summed E-state index contributed by atoms with van der Waals surface area (Å²) in [6.07, 6.45) is 4.76. The normalized spacial score (nSPS) is 11.2. The topological polar surface area (TPSA) is 25.2 Å². The monoisotopic (exact) mass is 260 g/mol. The van der Waals surface area contributed by atoms with Crippen molar-refractivity contribution in [2.24, 2.45) is 4.99 Å². The fourth-order valence-electron chi connectivity index (χ4n) is 2.23. The molecular weight excluding hydrogens is 244 g/mol. The molecule has 1 heterocycles. The van der Waals surface area contributed by atoms with Gasteiger partial charge in [-0.15, -0.1) is 0 Å². The number of hydrogen-bond donors (Lipinski definition) is 0. The number of para-hydroxylation sites is 1. The summed E-state index contributed by atoms with van der Waals surface area (Å²) >= 11 is 0. The maximum Gasteiger partial charge on any atom is 0.0708 e. The molecule has 2 heteroatoms. The van der Waals surface area contributed by atoms with Crippen molar-refractivity contribution in [2.75, 3.05) is 6.54 Å². The van der Waals surface area contributed by atoms with Gasteiger partial charge in [-0.2, -0.15) is 0 Å². The number of rotatable bonds is 4. The third-order valence-electron chi connectivity index (χ3n) is 3.29. The highest BCUT2D eigenvalue weighted by Crippen LogP contribution is 2.14. The van der Waals surface area contributed by atoms with Gasteiger partial charge in [0.05, 0.1) is 5.52 Å². The molecule has 0 aliphatic rings. The van der Waals surface area contributed by atoms with Gasteiger partial charge in [-0.05, 0) is 24.1 Å². The van der Waals surface area contributed by atoms with E-state index in [-0.39, 0.29) is 0 Å². The van der Waals surface area contributed by atoms with Gasteiger partial charge in [-0.1, -0.05) is 48.5 Å². The van der Waals surface area contributed by atoms with E-state index in [1.54, 1.807) is 0 Å². The van der Waals surface area contributed by atoms with Crippen molar-refractivity contribution in [1.29, 1.82) is 0 Å². The van der Waals surface area contributed by atoms with Gasteiger partial charge in [-0.25, -0.2) is 0 Å². The van der Waals surface area contributed by atoms with E-state index in [0.29, 0.717) is 0 Å². The smallest absolute Gasteiger partial charge is 0.0708 e. The Labute approximate surface area is 118 Å². The SMILES string of the molecule is C(=NCCc1ccccc1)c1ccnc2ccccc12. The van der Waals surface area contributed by atoms with Gasteiger partial charge >= 0.3 is 0 Å². The lowest BCUT2D eigenvalue weighted by Crippen LogP contribution is -1.91. The molecule has 0 bridgehead atoms. The molecule has 0 saturated heterocycles. The Kier molecular flexibility index (Phi) is 3.83. The maximum absolute atomic E-state index is 4.53. The van der Waals surface area contributed by atoms with Gasteiger partial charge in [0.25, 0.3) is 0 Å². The first-order chi connectivity index (χ1) is 9.93. The van der Waals surface area contributed by atoms with Crippen LogP contribution in [0.15, 0.2) is 71.9 Å². The van der Waals surface area contributed by atoms with Crippen LogP contribution >= 0.6 is 0 Å². The second kappa shape index (κ2) is 6.11. The van der Waals surface area contributed by atoms with E-state index in [0.717, 1.165) is 29.4 Å². The lowest BCUT2D eigenvalue weighted by atomic mass is 10.1. The second-order valence-corrected chi connectivity index (χ2v) is 4.69. The van der Waals surface area contributed by atoms with Crippen LogP contribution in [0.3, 0.4) is 0 Å². The molecule has 1 aromatic heterocycles. The van der Waals surface area contributed by atoms with Crippen LogP contribution in [0.2, 0.25) is 0 Å². The minimum Gasteiger partial charge on any atom is -0.292 e. The molecule has 98 valence electrons. The predicted molar refractivity (Wildman–Crippen MR) is 84.4 cm³/mol. The molecule has 3 aromatic rings. The van der Waals surface area contributed by atoms with Crippen LogP contribution in [0, 0.1) is 0 Å². The third kappa shape index (κ3) is 2.91. The molecule has 2 aromatic carbocycles.